The summed E-state index contributed by atoms with van der Waals surface area (Å²) in [6.45, 7) is 6.79. The van der Waals surface area contributed by atoms with Crippen LogP contribution in [0.4, 0.5) is 0 Å². The Morgan fingerprint density at radius 2 is 1.77 bits per heavy atom. The number of hydrogen-bond acceptors (Lipinski definition) is 7. The maximum Gasteiger partial charge on any atom is 0.295 e. The van der Waals surface area contributed by atoms with Crippen molar-refractivity contribution in [1.29, 1.82) is 0 Å². The van der Waals surface area contributed by atoms with Crippen molar-refractivity contribution in [3.05, 3.63) is 101 Å². The molecule has 3 heterocycles. The summed E-state index contributed by atoms with van der Waals surface area (Å²) in [7, 11) is 0. The minimum absolute atomic E-state index is 0.0889. The van der Waals surface area contributed by atoms with Crippen LogP contribution in [-0.2, 0) is 20.9 Å². The number of aliphatic hydroxyl groups is 1. The number of rotatable bonds is 9. The number of ketones is 1. The molecule has 1 atom stereocenters. The Morgan fingerprint density at radius 1 is 1.03 bits per heavy atom. The average molecular weight is 528 g/mol. The fraction of sp³-hybridized carbons (Fsp3) is 0.323. The number of aliphatic hydroxyl groups excluding tert-OH is 1. The molecule has 0 spiro atoms. The molecule has 0 bridgehead atoms. The molecule has 0 saturated carbocycles. The summed E-state index contributed by atoms with van der Waals surface area (Å²) in [5.41, 5.74) is 3.50. The molecular weight excluding hydrogens is 494 g/mol. The molecule has 2 saturated heterocycles. The number of Topliss-reactive ketones (excluding diaryl/α,β-unsaturated/α-hetero) is 1. The van der Waals surface area contributed by atoms with Crippen molar-refractivity contribution in [2.75, 3.05) is 39.4 Å². The van der Waals surface area contributed by atoms with Crippen molar-refractivity contribution in [3.8, 4) is 5.75 Å². The van der Waals surface area contributed by atoms with Gasteiger partial charge in [-0.15, -0.1) is 0 Å². The summed E-state index contributed by atoms with van der Waals surface area (Å²) in [4.78, 5) is 34.4. The molecular formula is C31H33N3O5. The molecule has 2 aliphatic heterocycles. The number of amides is 1. The molecule has 1 unspecified atom stereocenters. The number of morpholine rings is 1. The highest BCUT2D eigenvalue weighted by Crippen LogP contribution is 2.39. The highest BCUT2D eigenvalue weighted by atomic mass is 16.5. The van der Waals surface area contributed by atoms with E-state index in [0.29, 0.717) is 44.1 Å². The van der Waals surface area contributed by atoms with E-state index in [1.54, 1.807) is 53.7 Å². The molecule has 0 radical (unpaired) electrons. The normalized spacial score (nSPS) is 19.4. The number of aromatic nitrogens is 1. The topological polar surface area (TPSA) is 92.2 Å². The van der Waals surface area contributed by atoms with Crippen molar-refractivity contribution in [1.82, 2.24) is 14.8 Å². The van der Waals surface area contributed by atoms with Crippen LogP contribution in [0.5, 0.6) is 5.75 Å². The van der Waals surface area contributed by atoms with Crippen LogP contribution >= 0.6 is 0 Å². The molecule has 8 heteroatoms. The van der Waals surface area contributed by atoms with Gasteiger partial charge in [-0.1, -0.05) is 29.8 Å². The van der Waals surface area contributed by atoms with Crippen molar-refractivity contribution in [2.24, 2.45) is 0 Å². The van der Waals surface area contributed by atoms with Gasteiger partial charge in [0.2, 0.25) is 0 Å². The van der Waals surface area contributed by atoms with Crippen LogP contribution in [-0.4, -0.2) is 71.0 Å². The molecule has 1 aromatic heterocycles. The van der Waals surface area contributed by atoms with Crippen molar-refractivity contribution in [3.63, 3.8) is 0 Å². The van der Waals surface area contributed by atoms with Crippen LogP contribution in [0.3, 0.4) is 0 Å². The fourth-order valence-corrected chi connectivity index (χ4v) is 5.13. The third-order valence-corrected chi connectivity index (χ3v) is 7.15. The van der Waals surface area contributed by atoms with Gasteiger partial charge in [0.1, 0.15) is 18.1 Å². The van der Waals surface area contributed by atoms with Gasteiger partial charge < -0.3 is 19.5 Å². The number of carbonyl (C=O) groups is 2. The average Bonchev–Trinajstić information content (AvgIpc) is 3.22. The minimum Gasteiger partial charge on any atom is -0.507 e. The van der Waals surface area contributed by atoms with Crippen LogP contribution in [0.15, 0.2) is 78.6 Å². The van der Waals surface area contributed by atoms with Crippen molar-refractivity contribution in [2.45, 2.75) is 26.0 Å². The third kappa shape index (κ3) is 6.19. The van der Waals surface area contributed by atoms with E-state index in [9.17, 15) is 14.7 Å². The summed E-state index contributed by atoms with van der Waals surface area (Å²) < 4.78 is 11.3. The van der Waals surface area contributed by atoms with Crippen molar-refractivity contribution >= 4 is 17.4 Å². The zero-order valence-electron chi connectivity index (χ0n) is 22.1. The van der Waals surface area contributed by atoms with Crippen molar-refractivity contribution < 1.29 is 24.2 Å². The molecule has 5 rings (SSSR count). The van der Waals surface area contributed by atoms with Crippen LogP contribution in [0.25, 0.3) is 5.76 Å². The lowest BCUT2D eigenvalue weighted by Crippen LogP contribution is -2.38. The first-order valence-electron chi connectivity index (χ1n) is 13.3. The summed E-state index contributed by atoms with van der Waals surface area (Å²) in [6, 6.07) is 17.9. The number of ether oxygens (including phenoxy) is 2. The number of carbonyl (C=O) groups excluding carboxylic acids is 2. The van der Waals surface area contributed by atoms with Gasteiger partial charge in [-0.2, -0.15) is 0 Å². The monoisotopic (exact) mass is 527 g/mol. The minimum atomic E-state index is -0.685. The number of benzene rings is 2. The summed E-state index contributed by atoms with van der Waals surface area (Å²) in [6.07, 6.45) is 3.97. The predicted octanol–water partition coefficient (Wildman–Crippen LogP) is 4.11. The Morgan fingerprint density at radius 3 is 2.49 bits per heavy atom. The van der Waals surface area contributed by atoms with E-state index in [-0.39, 0.29) is 11.3 Å². The Labute approximate surface area is 228 Å². The first-order valence-corrected chi connectivity index (χ1v) is 13.3. The second-order valence-electron chi connectivity index (χ2n) is 9.88. The van der Waals surface area contributed by atoms with Gasteiger partial charge in [0.15, 0.2) is 0 Å². The highest BCUT2D eigenvalue weighted by molar-refractivity contribution is 6.46. The quantitative estimate of drug-likeness (QED) is 0.254. The standard InChI is InChI=1S/C31H33N3O5/c1-22-4-2-5-23(20-22)21-39-26-8-6-25(7-9-26)29(35)27-28(24-10-12-32-13-11-24)34(31(37)30(27)36)15-3-14-33-16-18-38-19-17-33/h2,4-13,20,28,35H,3,14-19,21H2,1H3/b29-27-. The number of nitrogens with zero attached hydrogens (tertiary/aromatic N) is 3. The van der Waals surface area contributed by atoms with Crippen LogP contribution in [0, 0.1) is 6.92 Å². The molecule has 1 N–H and O–H groups in total. The fourth-order valence-electron chi connectivity index (χ4n) is 5.13. The zero-order valence-corrected chi connectivity index (χ0v) is 22.1. The Hall–Kier alpha value is -4.01. The summed E-state index contributed by atoms with van der Waals surface area (Å²) in [5, 5.41) is 11.3. The van der Waals surface area contributed by atoms with E-state index >= 15 is 0 Å². The molecule has 2 aromatic carbocycles. The van der Waals surface area contributed by atoms with E-state index in [4.69, 9.17) is 9.47 Å². The Kier molecular flexibility index (Phi) is 8.34. The van der Waals surface area contributed by atoms with Gasteiger partial charge in [0.25, 0.3) is 11.7 Å². The largest absolute Gasteiger partial charge is 0.507 e. The maximum atomic E-state index is 13.3. The second-order valence-corrected chi connectivity index (χ2v) is 9.88. The molecule has 3 aromatic rings. The highest BCUT2D eigenvalue weighted by Gasteiger charge is 2.45. The lowest BCUT2D eigenvalue weighted by molar-refractivity contribution is -0.140. The molecule has 1 amide bonds. The molecule has 2 aliphatic rings. The lowest BCUT2D eigenvalue weighted by atomic mass is 9.96. The molecule has 8 nitrogen and oxygen atoms in total. The molecule has 0 aliphatic carbocycles. The van der Waals surface area contributed by atoms with E-state index < -0.39 is 17.7 Å². The number of aryl methyl sites for hydroxylation is 1. The van der Waals surface area contributed by atoms with Gasteiger partial charge >= 0.3 is 0 Å². The predicted molar refractivity (Wildman–Crippen MR) is 147 cm³/mol. The number of hydrogen-bond donors (Lipinski definition) is 1. The maximum absolute atomic E-state index is 13.3. The smallest absolute Gasteiger partial charge is 0.295 e. The lowest BCUT2D eigenvalue weighted by Gasteiger charge is -2.29. The third-order valence-electron chi connectivity index (χ3n) is 7.15. The van der Waals surface area contributed by atoms with E-state index in [1.165, 1.54) is 0 Å². The van der Waals surface area contributed by atoms with E-state index in [1.807, 2.05) is 25.1 Å². The van der Waals surface area contributed by atoms with Gasteiger partial charge in [0, 0.05) is 44.1 Å². The van der Waals surface area contributed by atoms with Gasteiger partial charge in [-0.05, 0) is 60.9 Å². The van der Waals surface area contributed by atoms with Crippen LogP contribution in [0.2, 0.25) is 0 Å². The van der Waals surface area contributed by atoms with E-state index in [0.717, 1.165) is 36.3 Å². The number of pyridine rings is 1. The molecule has 202 valence electrons. The summed E-state index contributed by atoms with van der Waals surface area (Å²) in [5.74, 6) is -0.836. The van der Waals surface area contributed by atoms with E-state index in [2.05, 4.69) is 16.0 Å². The molecule has 2 fully saturated rings. The Bertz CT molecular complexity index is 1330. The Balaban J connectivity index is 1.36. The number of likely N-dealkylation sites (tertiary alicyclic amines) is 1. The van der Waals surface area contributed by atoms with Gasteiger partial charge in [0.05, 0.1) is 24.8 Å². The van der Waals surface area contributed by atoms with Crippen LogP contribution < -0.4 is 4.74 Å². The second kappa shape index (κ2) is 12.2. The zero-order chi connectivity index (χ0) is 27.2. The first kappa shape index (κ1) is 26.6. The summed E-state index contributed by atoms with van der Waals surface area (Å²) >= 11 is 0. The van der Waals surface area contributed by atoms with Crippen LogP contribution in [0.1, 0.15) is 34.7 Å². The SMILES string of the molecule is Cc1cccc(COc2ccc(/C(O)=C3/C(=O)C(=O)N(CCCN4CCOCC4)C3c3ccncc3)cc2)c1. The van der Waals surface area contributed by atoms with Gasteiger partial charge in [-0.3, -0.25) is 19.5 Å². The first-order chi connectivity index (χ1) is 19.0. The van der Waals surface area contributed by atoms with Gasteiger partial charge in [-0.25, -0.2) is 0 Å². The molecule has 39 heavy (non-hydrogen) atoms.